The summed E-state index contributed by atoms with van der Waals surface area (Å²) in [4.78, 5) is 15.7. The van der Waals surface area contributed by atoms with Crippen molar-refractivity contribution >= 4 is 28.3 Å². The Morgan fingerprint density at radius 1 is 1.37 bits per heavy atom. The molecule has 0 unspecified atom stereocenters. The minimum Gasteiger partial charge on any atom is -0.293 e. The van der Waals surface area contributed by atoms with Gasteiger partial charge in [-0.15, -0.1) is 0 Å². The molecule has 3 heterocycles. The SMILES string of the molecule is CC(=O)c1nn(-c2cnn(C)c2)c2cnc(Cl)cc12. The molecule has 3 rings (SSSR count). The lowest BCUT2D eigenvalue weighted by atomic mass is 10.2. The summed E-state index contributed by atoms with van der Waals surface area (Å²) >= 11 is 5.88. The summed E-state index contributed by atoms with van der Waals surface area (Å²) in [6, 6.07) is 1.65. The van der Waals surface area contributed by atoms with Crippen molar-refractivity contribution in [2.75, 3.05) is 0 Å². The molecule has 19 heavy (non-hydrogen) atoms. The maximum absolute atomic E-state index is 11.7. The smallest absolute Gasteiger partial charge is 0.180 e. The Labute approximate surface area is 113 Å². The first-order valence-corrected chi connectivity index (χ1v) is 5.98. The molecule has 0 radical (unpaired) electrons. The number of carbonyl (C=O) groups is 1. The van der Waals surface area contributed by atoms with Crippen molar-refractivity contribution in [3.05, 3.63) is 35.5 Å². The van der Waals surface area contributed by atoms with E-state index in [9.17, 15) is 4.79 Å². The first-order valence-electron chi connectivity index (χ1n) is 5.60. The molecule has 6 nitrogen and oxygen atoms in total. The molecule has 3 aromatic heterocycles. The van der Waals surface area contributed by atoms with E-state index < -0.39 is 0 Å². The fraction of sp³-hybridized carbons (Fsp3) is 0.167. The maximum Gasteiger partial charge on any atom is 0.180 e. The van der Waals surface area contributed by atoms with Gasteiger partial charge in [0.05, 0.1) is 24.1 Å². The molecule has 7 heteroatoms. The third-order valence-electron chi connectivity index (χ3n) is 2.80. The number of fused-ring (bicyclic) bond motifs is 1. The van der Waals surface area contributed by atoms with E-state index >= 15 is 0 Å². The maximum atomic E-state index is 11.7. The molecule has 0 aliphatic heterocycles. The molecule has 0 atom stereocenters. The second-order valence-corrected chi connectivity index (χ2v) is 4.60. The molecule has 0 amide bonds. The summed E-state index contributed by atoms with van der Waals surface area (Å²) in [5.74, 6) is -0.116. The van der Waals surface area contributed by atoms with Gasteiger partial charge >= 0.3 is 0 Å². The zero-order chi connectivity index (χ0) is 13.6. The predicted molar refractivity (Wildman–Crippen MR) is 70.6 cm³/mol. The van der Waals surface area contributed by atoms with Crippen LogP contribution in [0.4, 0.5) is 0 Å². The lowest BCUT2D eigenvalue weighted by molar-refractivity contribution is 0.101. The predicted octanol–water partition coefficient (Wildman–Crippen LogP) is 2.01. The first-order chi connectivity index (χ1) is 9.06. The van der Waals surface area contributed by atoms with Crippen LogP contribution >= 0.6 is 11.6 Å². The van der Waals surface area contributed by atoms with Gasteiger partial charge in [-0.25, -0.2) is 9.67 Å². The van der Waals surface area contributed by atoms with Crippen LogP contribution in [0.2, 0.25) is 5.15 Å². The Morgan fingerprint density at radius 2 is 2.16 bits per heavy atom. The van der Waals surface area contributed by atoms with E-state index in [1.807, 2.05) is 13.2 Å². The second-order valence-electron chi connectivity index (χ2n) is 4.21. The van der Waals surface area contributed by atoms with Crippen molar-refractivity contribution in [1.82, 2.24) is 24.5 Å². The van der Waals surface area contributed by atoms with Gasteiger partial charge in [0.15, 0.2) is 5.78 Å². The van der Waals surface area contributed by atoms with Gasteiger partial charge in [-0.2, -0.15) is 10.2 Å². The standard InChI is InChI=1S/C12H10ClN5O/c1-7(19)12-9-3-11(13)14-5-10(9)18(16-12)8-4-15-17(2)6-8/h3-6H,1-2H3. The first kappa shape index (κ1) is 11.9. The molecule has 3 aromatic rings. The Balaban J connectivity index is 2.34. The third-order valence-corrected chi connectivity index (χ3v) is 3.01. The van der Waals surface area contributed by atoms with E-state index in [4.69, 9.17) is 11.6 Å². The molecule has 96 valence electrons. The molecule has 0 spiro atoms. The topological polar surface area (TPSA) is 65.6 Å². The number of nitrogens with zero attached hydrogens (tertiary/aromatic N) is 5. The van der Waals surface area contributed by atoms with Crippen molar-refractivity contribution in [3.8, 4) is 5.69 Å². The highest BCUT2D eigenvalue weighted by molar-refractivity contribution is 6.30. The molecule has 0 saturated heterocycles. The highest BCUT2D eigenvalue weighted by Crippen LogP contribution is 2.23. The van der Waals surface area contributed by atoms with Crippen LogP contribution in [0.25, 0.3) is 16.6 Å². The number of pyridine rings is 1. The van der Waals surface area contributed by atoms with Crippen LogP contribution in [-0.4, -0.2) is 30.3 Å². The van der Waals surface area contributed by atoms with E-state index in [0.29, 0.717) is 16.2 Å². The fourth-order valence-corrected chi connectivity index (χ4v) is 2.12. The second kappa shape index (κ2) is 4.17. The zero-order valence-electron chi connectivity index (χ0n) is 10.3. The van der Waals surface area contributed by atoms with Crippen LogP contribution < -0.4 is 0 Å². The molecule has 0 bridgehead atoms. The Morgan fingerprint density at radius 3 is 2.79 bits per heavy atom. The average molecular weight is 276 g/mol. The van der Waals surface area contributed by atoms with E-state index in [0.717, 1.165) is 11.2 Å². The Hall–Kier alpha value is -2.21. The van der Waals surface area contributed by atoms with Gasteiger partial charge in [-0.1, -0.05) is 11.6 Å². The van der Waals surface area contributed by atoms with E-state index in [2.05, 4.69) is 15.2 Å². The number of ketones is 1. The summed E-state index contributed by atoms with van der Waals surface area (Å²) in [6.07, 6.45) is 5.08. The number of carbonyl (C=O) groups excluding carboxylic acids is 1. The van der Waals surface area contributed by atoms with E-state index in [1.165, 1.54) is 6.92 Å². The van der Waals surface area contributed by atoms with Crippen molar-refractivity contribution in [1.29, 1.82) is 0 Å². The zero-order valence-corrected chi connectivity index (χ0v) is 11.1. The van der Waals surface area contributed by atoms with Crippen LogP contribution in [0.5, 0.6) is 0 Å². The third kappa shape index (κ3) is 1.90. The number of rotatable bonds is 2. The molecule has 0 fully saturated rings. The largest absolute Gasteiger partial charge is 0.293 e. The Bertz CT molecular complexity index is 789. The summed E-state index contributed by atoms with van der Waals surface area (Å²) in [6.45, 7) is 1.48. The number of aryl methyl sites for hydroxylation is 1. The average Bonchev–Trinajstić information content (AvgIpc) is 2.92. The summed E-state index contributed by atoms with van der Waals surface area (Å²) in [5.41, 5.74) is 1.87. The van der Waals surface area contributed by atoms with Gasteiger partial charge < -0.3 is 0 Å². The lowest BCUT2D eigenvalue weighted by Crippen LogP contribution is -1.98. The normalized spacial score (nSPS) is 11.1. The van der Waals surface area contributed by atoms with Crippen molar-refractivity contribution < 1.29 is 4.79 Å². The minimum atomic E-state index is -0.116. The van der Waals surface area contributed by atoms with Gasteiger partial charge in [-0.3, -0.25) is 9.48 Å². The Kier molecular flexibility index (Phi) is 2.60. The number of hydrogen-bond donors (Lipinski definition) is 0. The van der Waals surface area contributed by atoms with E-state index in [1.54, 1.807) is 27.8 Å². The van der Waals surface area contributed by atoms with Gasteiger partial charge in [-0.05, 0) is 6.07 Å². The van der Waals surface area contributed by atoms with Gasteiger partial charge in [0.25, 0.3) is 0 Å². The summed E-state index contributed by atoms with van der Waals surface area (Å²) < 4.78 is 3.31. The van der Waals surface area contributed by atoms with Gasteiger partial charge in [0, 0.05) is 19.4 Å². The van der Waals surface area contributed by atoms with Crippen molar-refractivity contribution in [2.45, 2.75) is 6.92 Å². The van der Waals surface area contributed by atoms with Crippen molar-refractivity contribution in [2.24, 2.45) is 7.05 Å². The van der Waals surface area contributed by atoms with Crippen LogP contribution in [0.3, 0.4) is 0 Å². The number of halogens is 1. The number of hydrogen-bond acceptors (Lipinski definition) is 4. The van der Waals surface area contributed by atoms with E-state index in [-0.39, 0.29) is 5.78 Å². The molecule has 0 N–H and O–H groups in total. The quantitative estimate of drug-likeness (QED) is 0.530. The molecule has 0 aliphatic rings. The molecular weight excluding hydrogens is 266 g/mol. The molecular formula is C12H10ClN5O. The monoisotopic (exact) mass is 275 g/mol. The van der Waals surface area contributed by atoms with Crippen LogP contribution in [0, 0.1) is 0 Å². The molecule has 0 saturated carbocycles. The number of Topliss-reactive ketones (excluding diaryl/α,β-unsaturated/α-hetero) is 1. The summed E-state index contributed by atoms with van der Waals surface area (Å²) in [5, 5.41) is 9.45. The van der Waals surface area contributed by atoms with Crippen LogP contribution in [0.1, 0.15) is 17.4 Å². The summed E-state index contributed by atoms with van der Waals surface area (Å²) in [7, 11) is 1.82. The number of aromatic nitrogens is 5. The highest BCUT2D eigenvalue weighted by Gasteiger charge is 2.16. The lowest BCUT2D eigenvalue weighted by Gasteiger charge is -1.98. The van der Waals surface area contributed by atoms with Gasteiger partial charge in [0.2, 0.25) is 0 Å². The molecule has 0 aliphatic carbocycles. The van der Waals surface area contributed by atoms with Crippen LogP contribution in [0.15, 0.2) is 24.7 Å². The van der Waals surface area contributed by atoms with Crippen LogP contribution in [-0.2, 0) is 7.05 Å². The highest BCUT2D eigenvalue weighted by atomic mass is 35.5. The minimum absolute atomic E-state index is 0.116. The van der Waals surface area contributed by atoms with Gasteiger partial charge in [0.1, 0.15) is 16.5 Å². The fourth-order valence-electron chi connectivity index (χ4n) is 1.96. The van der Waals surface area contributed by atoms with Crippen molar-refractivity contribution in [3.63, 3.8) is 0 Å². The molecule has 0 aromatic carbocycles.